The van der Waals surface area contributed by atoms with Gasteiger partial charge < -0.3 is 14.6 Å². The van der Waals surface area contributed by atoms with Crippen LogP contribution < -0.4 is 5.32 Å². The number of imidazole rings is 1. The Morgan fingerprint density at radius 2 is 1.97 bits per heavy atom. The Kier molecular flexibility index (Phi) is 4.85. The molecule has 0 atom stereocenters. The Morgan fingerprint density at radius 3 is 2.56 bits per heavy atom. The van der Waals surface area contributed by atoms with Crippen molar-refractivity contribution in [3.8, 4) is 11.3 Å². The van der Waals surface area contributed by atoms with Crippen LogP contribution in [0.4, 0.5) is 17.6 Å². The van der Waals surface area contributed by atoms with Crippen molar-refractivity contribution in [2.24, 2.45) is 0 Å². The van der Waals surface area contributed by atoms with E-state index in [9.17, 15) is 22.4 Å². The van der Waals surface area contributed by atoms with Crippen LogP contribution in [0, 0.1) is 5.82 Å². The first-order chi connectivity index (χ1) is 15.0. The summed E-state index contributed by atoms with van der Waals surface area (Å²) in [7, 11) is 0. The molecule has 6 rings (SSSR count). The normalized spacial score (nSPS) is 27.8. The SMILES string of the molecule is O=C(COC1(OC(F)(F)F)CCC1)NC12CC(n3cnc(-c4ccc(Cl)c(F)c4)c3)(C1)C2. The predicted octanol–water partition coefficient (Wildman–Crippen LogP) is 4.52. The fourth-order valence-electron chi connectivity index (χ4n) is 5.01. The lowest BCUT2D eigenvalue weighted by molar-refractivity contribution is -0.432. The predicted molar refractivity (Wildman–Crippen MR) is 105 cm³/mol. The topological polar surface area (TPSA) is 65.4 Å². The number of carbonyl (C=O) groups excluding carboxylic acids is 1. The maximum atomic E-state index is 13.7. The van der Waals surface area contributed by atoms with Crippen LogP contribution in [0.25, 0.3) is 11.3 Å². The zero-order chi connectivity index (χ0) is 22.8. The minimum absolute atomic E-state index is 0.0439. The van der Waals surface area contributed by atoms with Gasteiger partial charge in [-0.05, 0) is 37.8 Å². The lowest BCUT2D eigenvalue weighted by Gasteiger charge is -2.70. The third kappa shape index (κ3) is 3.78. The van der Waals surface area contributed by atoms with E-state index in [-0.39, 0.29) is 28.9 Å². The molecule has 172 valence electrons. The van der Waals surface area contributed by atoms with Gasteiger partial charge in [0.2, 0.25) is 5.91 Å². The number of hydrogen-bond donors (Lipinski definition) is 1. The molecule has 0 spiro atoms. The molecule has 1 aromatic carbocycles. The van der Waals surface area contributed by atoms with Gasteiger partial charge in [0.15, 0.2) is 5.79 Å². The summed E-state index contributed by atoms with van der Waals surface area (Å²) in [6, 6.07) is 4.50. The van der Waals surface area contributed by atoms with Gasteiger partial charge in [0.05, 0.1) is 22.6 Å². The van der Waals surface area contributed by atoms with Crippen molar-refractivity contribution in [3.63, 3.8) is 0 Å². The van der Waals surface area contributed by atoms with Crippen LogP contribution >= 0.6 is 11.6 Å². The lowest BCUT2D eigenvalue weighted by atomic mass is 9.44. The molecule has 1 N–H and O–H groups in total. The Morgan fingerprint density at radius 1 is 1.25 bits per heavy atom. The molecule has 11 heteroatoms. The number of ether oxygens (including phenoxy) is 2. The summed E-state index contributed by atoms with van der Waals surface area (Å²) >= 11 is 5.73. The average Bonchev–Trinajstić information content (AvgIpc) is 3.10. The molecular weight excluding hydrogens is 454 g/mol. The molecule has 32 heavy (non-hydrogen) atoms. The van der Waals surface area contributed by atoms with E-state index in [2.05, 4.69) is 15.0 Å². The third-order valence-electron chi connectivity index (χ3n) is 6.64. The van der Waals surface area contributed by atoms with E-state index in [1.54, 1.807) is 12.4 Å². The van der Waals surface area contributed by atoms with Crippen molar-refractivity contribution in [2.75, 3.05) is 6.61 Å². The quantitative estimate of drug-likeness (QED) is 0.474. The van der Waals surface area contributed by atoms with E-state index in [1.165, 1.54) is 12.1 Å². The van der Waals surface area contributed by atoms with Crippen molar-refractivity contribution >= 4 is 17.5 Å². The van der Waals surface area contributed by atoms with Crippen molar-refractivity contribution in [1.82, 2.24) is 14.9 Å². The fraction of sp³-hybridized carbons (Fsp3) is 0.524. The number of nitrogens with zero attached hydrogens (tertiary/aromatic N) is 2. The van der Waals surface area contributed by atoms with Crippen molar-refractivity contribution in [3.05, 3.63) is 41.6 Å². The second-order valence-corrected chi connectivity index (χ2v) is 9.39. The van der Waals surface area contributed by atoms with E-state index in [0.29, 0.717) is 36.9 Å². The smallest absolute Gasteiger partial charge is 0.348 e. The summed E-state index contributed by atoms with van der Waals surface area (Å²) in [5.41, 5.74) is 0.684. The monoisotopic (exact) mass is 473 g/mol. The molecule has 6 nitrogen and oxygen atoms in total. The van der Waals surface area contributed by atoms with Crippen LogP contribution in [-0.4, -0.2) is 39.8 Å². The van der Waals surface area contributed by atoms with Crippen molar-refractivity contribution < 1.29 is 31.8 Å². The first-order valence-corrected chi connectivity index (χ1v) is 10.6. The summed E-state index contributed by atoms with van der Waals surface area (Å²) in [6.45, 7) is -0.484. The zero-order valence-corrected chi connectivity index (χ0v) is 17.6. The Labute approximate surface area is 185 Å². The van der Waals surface area contributed by atoms with Crippen LogP contribution in [0.1, 0.15) is 38.5 Å². The maximum absolute atomic E-state index is 13.7. The first kappa shape index (κ1) is 21.7. The Bertz CT molecular complexity index is 1050. The van der Waals surface area contributed by atoms with E-state index in [0.717, 1.165) is 0 Å². The Hall–Kier alpha value is -2.17. The van der Waals surface area contributed by atoms with Crippen LogP contribution in [0.3, 0.4) is 0 Å². The van der Waals surface area contributed by atoms with E-state index >= 15 is 0 Å². The van der Waals surface area contributed by atoms with Gasteiger partial charge in [-0.25, -0.2) is 9.37 Å². The van der Waals surface area contributed by atoms with Crippen LogP contribution in [0.2, 0.25) is 5.02 Å². The summed E-state index contributed by atoms with van der Waals surface area (Å²) in [6.07, 6.45) is 1.53. The summed E-state index contributed by atoms with van der Waals surface area (Å²) < 4.78 is 62.6. The fourth-order valence-corrected chi connectivity index (χ4v) is 5.13. The highest BCUT2D eigenvalue weighted by Crippen LogP contribution is 2.65. The van der Waals surface area contributed by atoms with Gasteiger partial charge in [0, 0.05) is 30.1 Å². The number of hydrogen-bond acceptors (Lipinski definition) is 4. The Balaban J connectivity index is 1.15. The highest BCUT2D eigenvalue weighted by Gasteiger charge is 2.69. The zero-order valence-electron chi connectivity index (χ0n) is 16.8. The molecule has 0 radical (unpaired) electrons. The van der Waals surface area contributed by atoms with E-state index in [4.69, 9.17) is 16.3 Å². The molecule has 0 unspecified atom stereocenters. The number of halogens is 5. The number of carbonyl (C=O) groups is 1. The van der Waals surface area contributed by atoms with E-state index in [1.807, 2.05) is 10.8 Å². The molecule has 2 aromatic rings. The first-order valence-electron chi connectivity index (χ1n) is 10.2. The second-order valence-electron chi connectivity index (χ2n) is 8.98. The molecule has 1 aromatic heterocycles. The summed E-state index contributed by atoms with van der Waals surface area (Å²) in [4.78, 5) is 16.6. The van der Waals surface area contributed by atoms with Crippen LogP contribution in [-0.2, 0) is 19.8 Å². The second kappa shape index (κ2) is 7.16. The standard InChI is InChI=1S/C21H20ClF4N3O3/c22-14-3-2-13(6-15(14)23)16-7-29(12-27-16)19-9-18(10-19,11-19)28-17(30)8-31-20(4-1-5-20)32-21(24,25)26/h2-3,6-7,12H,1,4-5,8-11H2,(H,28,30). The number of amides is 1. The molecule has 0 aliphatic heterocycles. The van der Waals surface area contributed by atoms with E-state index < -0.39 is 30.5 Å². The van der Waals surface area contributed by atoms with Gasteiger partial charge in [-0.1, -0.05) is 17.7 Å². The largest absolute Gasteiger partial charge is 0.524 e. The molecule has 2 bridgehead atoms. The van der Waals surface area contributed by atoms with Crippen LogP contribution in [0.5, 0.6) is 0 Å². The van der Waals surface area contributed by atoms with Crippen LogP contribution in [0.15, 0.2) is 30.7 Å². The number of aromatic nitrogens is 2. The number of alkyl halides is 3. The number of nitrogens with one attached hydrogen (secondary N) is 1. The average molecular weight is 474 g/mol. The van der Waals surface area contributed by atoms with Gasteiger partial charge in [0.25, 0.3) is 0 Å². The van der Waals surface area contributed by atoms with Gasteiger partial charge in [-0.2, -0.15) is 0 Å². The van der Waals surface area contributed by atoms with Crippen molar-refractivity contribution in [2.45, 2.75) is 61.8 Å². The number of benzene rings is 1. The molecule has 1 heterocycles. The molecule has 1 amide bonds. The molecule has 0 saturated heterocycles. The van der Waals surface area contributed by atoms with Gasteiger partial charge in [-0.3, -0.25) is 9.53 Å². The molecule has 4 aliphatic carbocycles. The molecular formula is C21H20ClF4N3O3. The third-order valence-corrected chi connectivity index (χ3v) is 6.94. The van der Waals surface area contributed by atoms with Gasteiger partial charge in [-0.15, -0.1) is 13.2 Å². The summed E-state index contributed by atoms with van der Waals surface area (Å²) in [5, 5.41) is 2.93. The molecule has 4 saturated carbocycles. The molecule has 4 fully saturated rings. The lowest BCUT2D eigenvalue weighted by Crippen LogP contribution is -2.78. The number of rotatable bonds is 7. The maximum Gasteiger partial charge on any atom is 0.524 e. The van der Waals surface area contributed by atoms with Crippen molar-refractivity contribution in [1.29, 1.82) is 0 Å². The minimum Gasteiger partial charge on any atom is -0.348 e. The van der Waals surface area contributed by atoms with Gasteiger partial charge >= 0.3 is 6.36 Å². The molecule has 4 aliphatic rings. The summed E-state index contributed by atoms with van der Waals surface area (Å²) in [5.74, 6) is -2.72. The highest BCUT2D eigenvalue weighted by molar-refractivity contribution is 6.30. The minimum atomic E-state index is -4.81. The highest BCUT2D eigenvalue weighted by atomic mass is 35.5. The van der Waals surface area contributed by atoms with Gasteiger partial charge in [0.1, 0.15) is 12.4 Å².